The normalized spacial score (nSPS) is 12.4. The van der Waals surface area contributed by atoms with Crippen LogP contribution in [0.4, 0.5) is 0 Å². The van der Waals surface area contributed by atoms with Gasteiger partial charge in [-0.25, -0.2) is 4.79 Å². The molecule has 0 aliphatic carbocycles. The van der Waals surface area contributed by atoms with Crippen molar-refractivity contribution in [3.8, 4) is 11.5 Å². The first-order valence-electron chi connectivity index (χ1n) is 16.0. The molecule has 5 rings (SSSR count). The number of fused-ring (bicyclic) bond motifs is 2. The lowest BCUT2D eigenvalue weighted by Gasteiger charge is -2.25. The zero-order valence-electron chi connectivity index (χ0n) is 27.5. The first kappa shape index (κ1) is 33.4. The van der Waals surface area contributed by atoms with Crippen LogP contribution in [0.5, 0.6) is 11.5 Å². The summed E-state index contributed by atoms with van der Waals surface area (Å²) in [7, 11) is 4.85. The van der Waals surface area contributed by atoms with E-state index in [9.17, 15) is 9.59 Å². The zero-order valence-corrected chi connectivity index (χ0v) is 27.5. The molecule has 8 heteroatoms. The van der Waals surface area contributed by atoms with Crippen molar-refractivity contribution in [1.29, 1.82) is 0 Å². The Balaban J connectivity index is 1.41. The molecule has 0 fully saturated rings. The number of benzene rings is 5. The fraction of sp³-hybridized carbons (Fsp3) is 0.282. The Morgan fingerprint density at radius 2 is 1.40 bits per heavy atom. The largest absolute Gasteiger partial charge is 0.496 e. The highest BCUT2D eigenvalue weighted by Crippen LogP contribution is 2.31. The molecule has 0 aromatic heterocycles. The van der Waals surface area contributed by atoms with Gasteiger partial charge in [0.2, 0.25) is 0 Å². The van der Waals surface area contributed by atoms with Gasteiger partial charge >= 0.3 is 5.97 Å². The third kappa shape index (κ3) is 8.27. The minimum absolute atomic E-state index is 0.122. The summed E-state index contributed by atoms with van der Waals surface area (Å²) in [5, 5.41) is 15.1. The van der Waals surface area contributed by atoms with Gasteiger partial charge in [0.25, 0.3) is 5.91 Å². The highest BCUT2D eigenvalue weighted by molar-refractivity contribution is 6.01. The quantitative estimate of drug-likeness (QED) is 0.123. The van der Waals surface area contributed by atoms with Gasteiger partial charge in [0.1, 0.15) is 17.1 Å². The lowest BCUT2D eigenvalue weighted by atomic mass is 9.97. The Labute approximate surface area is 276 Å². The number of amides is 1. The van der Waals surface area contributed by atoms with Gasteiger partial charge in [-0.2, -0.15) is 0 Å². The molecule has 0 aliphatic heterocycles. The number of hydrogen-bond acceptors (Lipinski definition) is 7. The molecule has 5 aromatic rings. The van der Waals surface area contributed by atoms with Gasteiger partial charge in [0.15, 0.2) is 0 Å². The smallest absolute Gasteiger partial charge is 0.345 e. The van der Waals surface area contributed by atoms with Crippen LogP contribution in [0.1, 0.15) is 38.8 Å². The van der Waals surface area contributed by atoms with E-state index in [-0.39, 0.29) is 41.7 Å². The van der Waals surface area contributed by atoms with Crippen molar-refractivity contribution >= 4 is 33.4 Å². The highest BCUT2D eigenvalue weighted by Gasteiger charge is 2.25. The second-order valence-corrected chi connectivity index (χ2v) is 11.5. The summed E-state index contributed by atoms with van der Waals surface area (Å²) < 4.78 is 16.2. The molecule has 244 valence electrons. The molecule has 0 aliphatic rings. The fourth-order valence-electron chi connectivity index (χ4n) is 6.05. The Morgan fingerprint density at radius 1 is 0.723 bits per heavy atom. The summed E-state index contributed by atoms with van der Waals surface area (Å²) in [4.78, 5) is 26.5. The summed E-state index contributed by atoms with van der Waals surface area (Å²) in [5.41, 5.74) is 2.85. The van der Waals surface area contributed by atoms with Gasteiger partial charge in [0, 0.05) is 30.7 Å². The van der Waals surface area contributed by atoms with Crippen LogP contribution < -0.4 is 25.4 Å². The van der Waals surface area contributed by atoms with Crippen LogP contribution in [0.3, 0.4) is 0 Å². The van der Waals surface area contributed by atoms with Crippen LogP contribution in [0.25, 0.3) is 21.5 Å². The summed E-state index contributed by atoms with van der Waals surface area (Å²) in [5.74, 6) is -0.459. The number of likely N-dealkylation sites (N-methyl/N-ethyl adjacent to an activating group) is 1. The van der Waals surface area contributed by atoms with E-state index < -0.39 is 5.97 Å². The molecule has 0 saturated carbocycles. The van der Waals surface area contributed by atoms with Crippen LogP contribution >= 0.6 is 0 Å². The Hall–Kier alpha value is -4.92. The van der Waals surface area contributed by atoms with E-state index in [0.717, 1.165) is 29.3 Å². The molecular weight excluding hydrogens is 590 g/mol. The van der Waals surface area contributed by atoms with E-state index in [0.29, 0.717) is 18.5 Å². The van der Waals surface area contributed by atoms with Gasteiger partial charge in [-0.1, -0.05) is 84.9 Å². The minimum Gasteiger partial charge on any atom is -0.496 e. The standard InChI is InChI=1S/C39H43N3O5/c1-5-47-39(44)37-35(45-3)22-31(23-36(37)46-4)38(43)42-33(21-30-15-10-14-28-12-8-9-16-34(28)30)25-41-32(24-40-2)20-26-17-18-27-11-6-7-13-29(27)19-26/h6-19,22-23,32-33,40-41H,5,20-21,24-25H2,1-4H3,(H,42,43)/t32-,33-/m0/s1. The molecule has 0 spiro atoms. The van der Waals surface area contributed by atoms with Crippen molar-refractivity contribution in [3.05, 3.63) is 119 Å². The molecule has 0 unspecified atom stereocenters. The molecular formula is C39H43N3O5. The number of hydrogen-bond donors (Lipinski definition) is 3. The average molecular weight is 634 g/mol. The van der Waals surface area contributed by atoms with E-state index in [4.69, 9.17) is 14.2 Å². The Kier molecular flexibility index (Phi) is 11.4. The molecule has 0 radical (unpaired) electrons. The van der Waals surface area contributed by atoms with Crippen molar-refractivity contribution in [2.24, 2.45) is 0 Å². The van der Waals surface area contributed by atoms with E-state index in [1.807, 2.05) is 19.2 Å². The van der Waals surface area contributed by atoms with Gasteiger partial charge < -0.3 is 30.2 Å². The van der Waals surface area contributed by atoms with Crippen molar-refractivity contribution in [2.45, 2.75) is 31.8 Å². The lowest BCUT2D eigenvalue weighted by Crippen LogP contribution is -2.48. The van der Waals surface area contributed by atoms with E-state index in [1.165, 1.54) is 30.6 Å². The first-order valence-corrected chi connectivity index (χ1v) is 16.0. The molecule has 0 saturated heterocycles. The predicted molar refractivity (Wildman–Crippen MR) is 188 cm³/mol. The molecule has 0 bridgehead atoms. The summed E-state index contributed by atoms with van der Waals surface area (Å²) in [6.45, 7) is 3.22. The second kappa shape index (κ2) is 16.1. The van der Waals surface area contributed by atoms with Crippen LogP contribution in [0.15, 0.2) is 97.1 Å². The molecule has 1 amide bonds. The van der Waals surface area contributed by atoms with Gasteiger partial charge in [-0.15, -0.1) is 0 Å². The molecule has 3 N–H and O–H groups in total. The molecule has 5 aromatic carbocycles. The predicted octanol–water partition coefficient (Wildman–Crippen LogP) is 5.95. The van der Waals surface area contributed by atoms with Crippen molar-refractivity contribution in [3.63, 3.8) is 0 Å². The van der Waals surface area contributed by atoms with Gasteiger partial charge in [0.05, 0.1) is 20.8 Å². The van der Waals surface area contributed by atoms with E-state index in [2.05, 4.69) is 88.7 Å². The molecule has 47 heavy (non-hydrogen) atoms. The van der Waals surface area contributed by atoms with E-state index in [1.54, 1.807) is 19.1 Å². The van der Waals surface area contributed by atoms with Crippen molar-refractivity contribution < 1.29 is 23.8 Å². The van der Waals surface area contributed by atoms with Crippen molar-refractivity contribution in [2.75, 3.05) is 41.0 Å². The number of ether oxygens (including phenoxy) is 3. The van der Waals surface area contributed by atoms with Crippen LogP contribution in [-0.2, 0) is 17.6 Å². The van der Waals surface area contributed by atoms with Crippen LogP contribution in [0.2, 0.25) is 0 Å². The fourth-order valence-corrected chi connectivity index (χ4v) is 6.05. The number of esters is 1. The highest BCUT2D eigenvalue weighted by atomic mass is 16.5. The van der Waals surface area contributed by atoms with Crippen LogP contribution in [0, 0.1) is 0 Å². The summed E-state index contributed by atoms with van der Waals surface area (Å²) in [6, 6.07) is 32.5. The first-order chi connectivity index (χ1) is 22.9. The lowest BCUT2D eigenvalue weighted by molar-refractivity contribution is 0.0518. The monoisotopic (exact) mass is 633 g/mol. The SMILES string of the molecule is CCOC(=O)c1c(OC)cc(C(=O)N[C@H](CN[C@H](CNC)Cc2ccc3ccccc3c2)Cc2cccc3ccccc23)cc1OC. The average Bonchev–Trinajstić information content (AvgIpc) is 3.10. The second-order valence-electron chi connectivity index (χ2n) is 11.5. The Morgan fingerprint density at radius 3 is 2.11 bits per heavy atom. The summed E-state index contributed by atoms with van der Waals surface area (Å²) >= 11 is 0. The number of carbonyl (C=O) groups excluding carboxylic acids is 2. The third-order valence-corrected chi connectivity index (χ3v) is 8.33. The maximum atomic E-state index is 13.9. The van der Waals surface area contributed by atoms with Gasteiger partial charge in [-0.3, -0.25) is 4.79 Å². The number of carbonyl (C=O) groups is 2. The summed E-state index contributed by atoms with van der Waals surface area (Å²) in [6.07, 6.45) is 1.43. The minimum atomic E-state index is -0.576. The number of rotatable bonds is 15. The third-order valence-electron chi connectivity index (χ3n) is 8.33. The number of nitrogens with one attached hydrogen (secondary N) is 3. The van der Waals surface area contributed by atoms with E-state index >= 15 is 0 Å². The number of methoxy groups -OCH3 is 2. The molecule has 2 atom stereocenters. The maximum absolute atomic E-state index is 13.9. The molecule has 8 nitrogen and oxygen atoms in total. The van der Waals surface area contributed by atoms with Crippen molar-refractivity contribution in [1.82, 2.24) is 16.0 Å². The topological polar surface area (TPSA) is 97.9 Å². The zero-order chi connectivity index (χ0) is 33.2. The van der Waals surface area contributed by atoms with Crippen LogP contribution in [-0.4, -0.2) is 64.9 Å². The Bertz CT molecular complexity index is 1810. The molecule has 0 heterocycles. The van der Waals surface area contributed by atoms with Gasteiger partial charge in [-0.05, 0) is 71.6 Å². The maximum Gasteiger partial charge on any atom is 0.345 e.